The third kappa shape index (κ3) is 4.91. The van der Waals surface area contributed by atoms with Crippen molar-refractivity contribution < 1.29 is 14.3 Å². The molecule has 0 aliphatic carbocycles. The lowest BCUT2D eigenvalue weighted by molar-refractivity contribution is -0.121. The van der Waals surface area contributed by atoms with Gasteiger partial charge in [0.15, 0.2) is 0 Å². The average Bonchev–Trinajstić information content (AvgIpc) is 2.62. The zero-order chi connectivity index (χ0) is 17.4. The second-order valence-electron chi connectivity index (χ2n) is 5.46. The standard InChI is InChI=1S/C19H24N2O3/c1-14(19(22)20-12-11-15-7-5-4-6-8-15)21-17-10-9-16(23-2)13-18(17)24-3/h4-10,13-14,21H,11-12H2,1-3H3,(H,20,22). The van der Waals surface area contributed by atoms with E-state index in [0.29, 0.717) is 18.0 Å². The monoisotopic (exact) mass is 328 g/mol. The molecule has 5 nitrogen and oxygen atoms in total. The van der Waals surface area contributed by atoms with Gasteiger partial charge < -0.3 is 20.1 Å². The Balaban J connectivity index is 1.87. The van der Waals surface area contributed by atoms with Crippen molar-refractivity contribution in [1.82, 2.24) is 5.32 Å². The minimum absolute atomic E-state index is 0.0520. The molecule has 2 N–H and O–H groups in total. The van der Waals surface area contributed by atoms with E-state index in [4.69, 9.17) is 9.47 Å². The molecule has 2 aromatic rings. The van der Waals surface area contributed by atoms with Crippen LogP contribution in [0.5, 0.6) is 11.5 Å². The highest BCUT2D eigenvalue weighted by Gasteiger charge is 2.14. The Morgan fingerprint density at radius 2 is 1.83 bits per heavy atom. The first-order valence-corrected chi connectivity index (χ1v) is 7.94. The molecule has 5 heteroatoms. The van der Waals surface area contributed by atoms with Gasteiger partial charge in [-0.2, -0.15) is 0 Å². The van der Waals surface area contributed by atoms with Crippen molar-refractivity contribution in [2.24, 2.45) is 0 Å². The van der Waals surface area contributed by atoms with Crippen LogP contribution in [-0.2, 0) is 11.2 Å². The second kappa shape index (κ2) is 8.82. The maximum Gasteiger partial charge on any atom is 0.242 e. The van der Waals surface area contributed by atoms with Crippen LogP contribution in [0.4, 0.5) is 5.69 Å². The summed E-state index contributed by atoms with van der Waals surface area (Å²) in [5.74, 6) is 1.29. The predicted octanol–water partition coefficient (Wildman–Crippen LogP) is 2.86. The van der Waals surface area contributed by atoms with Gasteiger partial charge in [0, 0.05) is 12.6 Å². The third-order valence-electron chi connectivity index (χ3n) is 3.73. The molecule has 2 rings (SSSR count). The Labute approximate surface area is 143 Å². The maximum atomic E-state index is 12.2. The number of hydrogen-bond donors (Lipinski definition) is 2. The van der Waals surface area contributed by atoms with E-state index in [1.807, 2.05) is 37.3 Å². The van der Waals surface area contributed by atoms with Crippen molar-refractivity contribution in [2.75, 3.05) is 26.1 Å². The number of carbonyl (C=O) groups is 1. The minimum Gasteiger partial charge on any atom is -0.497 e. The molecule has 1 unspecified atom stereocenters. The molecule has 0 spiro atoms. The highest BCUT2D eigenvalue weighted by Crippen LogP contribution is 2.29. The fourth-order valence-corrected chi connectivity index (χ4v) is 2.34. The molecule has 0 aromatic heterocycles. The molecule has 24 heavy (non-hydrogen) atoms. The lowest BCUT2D eigenvalue weighted by atomic mass is 10.1. The second-order valence-corrected chi connectivity index (χ2v) is 5.46. The summed E-state index contributed by atoms with van der Waals surface area (Å²) in [6, 6.07) is 15.2. The van der Waals surface area contributed by atoms with Crippen LogP contribution in [0.3, 0.4) is 0 Å². The molecule has 0 radical (unpaired) electrons. The molecule has 1 atom stereocenters. The molecule has 0 fully saturated rings. The quantitative estimate of drug-likeness (QED) is 0.782. The number of rotatable bonds is 8. The number of amides is 1. The molecule has 2 aromatic carbocycles. The van der Waals surface area contributed by atoms with Crippen LogP contribution < -0.4 is 20.1 Å². The Kier molecular flexibility index (Phi) is 6.49. The Morgan fingerprint density at radius 1 is 1.08 bits per heavy atom. The lowest BCUT2D eigenvalue weighted by Gasteiger charge is -2.18. The zero-order valence-electron chi connectivity index (χ0n) is 14.3. The fraction of sp³-hybridized carbons (Fsp3) is 0.316. The number of methoxy groups -OCH3 is 2. The van der Waals surface area contributed by atoms with E-state index >= 15 is 0 Å². The average molecular weight is 328 g/mol. The number of hydrogen-bond acceptors (Lipinski definition) is 4. The number of nitrogens with one attached hydrogen (secondary N) is 2. The van der Waals surface area contributed by atoms with Crippen LogP contribution in [0.2, 0.25) is 0 Å². The number of benzene rings is 2. The molecule has 1 amide bonds. The summed E-state index contributed by atoms with van der Waals surface area (Å²) < 4.78 is 10.5. The molecule has 128 valence electrons. The molecule has 0 heterocycles. The van der Waals surface area contributed by atoms with Crippen molar-refractivity contribution in [3.05, 3.63) is 54.1 Å². The van der Waals surface area contributed by atoms with Crippen LogP contribution in [0.1, 0.15) is 12.5 Å². The van der Waals surface area contributed by atoms with Gasteiger partial charge in [0.05, 0.1) is 19.9 Å². The molecular weight excluding hydrogens is 304 g/mol. The van der Waals surface area contributed by atoms with Crippen molar-refractivity contribution in [1.29, 1.82) is 0 Å². The molecule has 0 saturated heterocycles. The fourth-order valence-electron chi connectivity index (χ4n) is 2.34. The molecule has 0 aliphatic rings. The molecule has 0 aliphatic heterocycles. The highest BCUT2D eigenvalue weighted by atomic mass is 16.5. The van der Waals surface area contributed by atoms with E-state index in [2.05, 4.69) is 22.8 Å². The van der Waals surface area contributed by atoms with Gasteiger partial charge in [0.25, 0.3) is 0 Å². The topological polar surface area (TPSA) is 59.6 Å². The van der Waals surface area contributed by atoms with Gasteiger partial charge in [-0.3, -0.25) is 4.79 Å². The number of ether oxygens (including phenoxy) is 2. The van der Waals surface area contributed by atoms with E-state index in [1.54, 1.807) is 20.3 Å². The van der Waals surface area contributed by atoms with E-state index in [-0.39, 0.29) is 11.9 Å². The van der Waals surface area contributed by atoms with Crippen LogP contribution in [-0.4, -0.2) is 32.7 Å². The highest BCUT2D eigenvalue weighted by molar-refractivity contribution is 5.84. The summed E-state index contributed by atoms with van der Waals surface area (Å²) in [5.41, 5.74) is 1.96. The van der Waals surface area contributed by atoms with Crippen molar-refractivity contribution >= 4 is 11.6 Å². The number of anilines is 1. The first-order valence-electron chi connectivity index (χ1n) is 7.94. The summed E-state index contributed by atoms with van der Waals surface area (Å²) in [7, 11) is 3.19. The van der Waals surface area contributed by atoms with Gasteiger partial charge in [-0.05, 0) is 31.0 Å². The normalized spacial score (nSPS) is 11.5. The van der Waals surface area contributed by atoms with Gasteiger partial charge >= 0.3 is 0 Å². The van der Waals surface area contributed by atoms with Crippen molar-refractivity contribution in [2.45, 2.75) is 19.4 Å². The van der Waals surface area contributed by atoms with E-state index < -0.39 is 0 Å². The van der Waals surface area contributed by atoms with Gasteiger partial charge in [-0.15, -0.1) is 0 Å². The van der Waals surface area contributed by atoms with Crippen molar-refractivity contribution in [3.63, 3.8) is 0 Å². The van der Waals surface area contributed by atoms with Crippen LogP contribution in [0.25, 0.3) is 0 Å². The summed E-state index contributed by atoms with van der Waals surface area (Å²) in [6.07, 6.45) is 0.811. The van der Waals surface area contributed by atoms with Crippen LogP contribution >= 0.6 is 0 Å². The van der Waals surface area contributed by atoms with E-state index in [9.17, 15) is 4.79 Å². The van der Waals surface area contributed by atoms with E-state index in [1.165, 1.54) is 5.56 Å². The first-order chi connectivity index (χ1) is 11.6. The van der Waals surface area contributed by atoms with Gasteiger partial charge in [0.2, 0.25) is 5.91 Å². The molecule has 0 saturated carbocycles. The lowest BCUT2D eigenvalue weighted by Crippen LogP contribution is -2.38. The van der Waals surface area contributed by atoms with Crippen LogP contribution in [0, 0.1) is 0 Å². The SMILES string of the molecule is COc1ccc(NC(C)C(=O)NCCc2ccccc2)c(OC)c1. The van der Waals surface area contributed by atoms with Crippen molar-refractivity contribution in [3.8, 4) is 11.5 Å². The Bertz CT molecular complexity index is 659. The predicted molar refractivity (Wildman–Crippen MR) is 95.8 cm³/mol. The maximum absolute atomic E-state index is 12.2. The van der Waals surface area contributed by atoms with Gasteiger partial charge in [0.1, 0.15) is 17.5 Å². The largest absolute Gasteiger partial charge is 0.497 e. The Hall–Kier alpha value is -2.69. The van der Waals surface area contributed by atoms with E-state index in [0.717, 1.165) is 12.1 Å². The molecular formula is C19H24N2O3. The zero-order valence-corrected chi connectivity index (χ0v) is 14.3. The third-order valence-corrected chi connectivity index (χ3v) is 3.73. The summed E-state index contributed by atoms with van der Waals surface area (Å²) in [6.45, 7) is 2.43. The van der Waals surface area contributed by atoms with Gasteiger partial charge in [-0.25, -0.2) is 0 Å². The summed E-state index contributed by atoms with van der Waals surface area (Å²) in [4.78, 5) is 12.2. The summed E-state index contributed by atoms with van der Waals surface area (Å²) >= 11 is 0. The minimum atomic E-state index is -0.372. The van der Waals surface area contributed by atoms with Crippen LogP contribution in [0.15, 0.2) is 48.5 Å². The molecule has 0 bridgehead atoms. The Morgan fingerprint density at radius 3 is 2.50 bits per heavy atom. The van der Waals surface area contributed by atoms with Gasteiger partial charge in [-0.1, -0.05) is 30.3 Å². The smallest absolute Gasteiger partial charge is 0.242 e. The first kappa shape index (κ1) is 17.7. The number of carbonyl (C=O) groups excluding carboxylic acids is 1. The summed E-state index contributed by atoms with van der Waals surface area (Å²) in [5, 5.41) is 6.11.